The fourth-order valence-electron chi connectivity index (χ4n) is 1.58. The van der Waals surface area contributed by atoms with Crippen LogP contribution in [0.5, 0.6) is 23.0 Å². The van der Waals surface area contributed by atoms with Crippen LogP contribution in [0.3, 0.4) is 0 Å². The second kappa shape index (κ2) is 5.42. The molecule has 3 rings (SSSR count). The molecule has 0 N–H and O–H groups in total. The molecule has 0 bridgehead atoms. The van der Waals surface area contributed by atoms with Gasteiger partial charge in [-0.25, -0.2) is 0 Å². The number of fused-ring (bicyclic) bond motifs is 2. The van der Waals surface area contributed by atoms with Crippen molar-refractivity contribution in [2.45, 2.75) is 0 Å². The van der Waals surface area contributed by atoms with E-state index in [1.54, 1.807) is 24.3 Å². The minimum Gasteiger partial charge on any atom is -0.449 e. The Labute approximate surface area is 134 Å². The molecule has 0 aliphatic carbocycles. The molecule has 1 aliphatic heterocycles. The van der Waals surface area contributed by atoms with Crippen molar-refractivity contribution in [3.63, 3.8) is 0 Å². The molecule has 0 fully saturated rings. The molecule has 7 heteroatoms. The van der Waals surface area contributed by atoms with Crippen LogP contribution in [0.1, 0.15) is 0 Å². The number of halogens is 4. The van der Waals surface area contributed by atoms with Crippen molar-refractivity contribution in [2.75, 3.05) is 0 Å². The Bertz CT molecular complexity index is 549. The number of rotatable bonds is 0. The Balaban J connectivity index is 0.00000133. The van der Waals surface area contributed by atoms with Crippen molar-refractivity contribution >= 4 is 57.4 Å². The molecule has 1 aliphatic rings. The third kappa shape index (κ3) is 2.66. The molecule has 100 valence electrons. The minimum absolute atomic E-state index is 0. The first-order valence-electron chi connectivity index (χ1n) is 4.88. The number of hydrogen-bond acceptors (Lipinski definition) is 2. The van der Waals surface area contributed by atoms with Gasteiger partial charge in [-0.05, 0) is 11.0 Å². The Hall–Kier alpha value is -0.583. The molecular weight excluding hydrogens is 346 g/mol. The molecule has 2 nitrogen and oxygen atoms in total. The van der Waals surface area contributed by atoms with E-state index < -0.39 is 0 Å². The quantitative estimate of drug-likeness (QED) is 0.543. The summed E-state index contributed by atoms with van der Waals surface area (Å²) in [6, 6.07) is 6.35. The first-order chi connectivity index (χ1) is 8.54. The van der Waals surface area contributed by atoms with E-state index in [2.05, 4.69) is 0 Å². The highest BCUT2D eigenvalue weighted by Gasteiger charge is 2.21. The van der Waals surface area contributed by atoms with Gasteiger partial charge >= 0.3 is 0 Å². The van der Waals surface area contributed by atoms with Gasteiger partial charge in [-0.3, -0.25) is 0 Å². The van der Waals surface area contributed by atoms with Crippen LogP contribution >= 0.6 is 46.4 Å². The SMILES string of the molecule is Clc1cc2c(cc1Cl)Oc1cc(Cl)c(Cl)cc1O2.[SiH4]. The zero-order chi connectivity index (χ0) is 12.9. The summed E-state index contributed by atoms with van der Waals surface area (Å²) < 4.78 is 11.3. The third-order valence-electron chi connectivity index (χ3n) is 2.41. The highest BCUT2D eigenvalue weighted by atomic mass is 35.5. The summed E-state index contributed by atoms with van der Waals surface area (Å²) >= 11 is 23.7. The Kier molecular flexibility index (Phi) is 4.23. The first kappa shape index (κ1) is 14.8. The average molecular weight is 354 g/mol. The predicted octanol–water partition coefficient (Wildman–Crippen LogP) is 4.75. The Morgan fingerprint density at radius 2 is 0.737 bits per heavy atom. The molecule has 2 aromatic rings. The minimum atomic E-state index is 0. The van der Waals surface area contributed by atoms with Gasteiger partial charge in [0.15, 0.2) is 23.0 Å². The fourth-order valence-corrected chi connectivity index (χ4v) is 2.19. The molecule has 0 aromatic heterocycles. The molecule has 0 atom stereocenters. The van der Waals surface area contributed by atoms with Crippen molar-refractivity contribution in [2.24, 2.45) is 0 Å². The van der Waals surface area contributed by atoms with Crippen LogP contribution in [0.2, 0.25) is 20.1 Å². The summed E-state index contributed by atoms with van der Waals surface area (Å²) in [4.78, 5) is 0. The zero-order valence-corrected chi connectivity index (χ0v) is 11.7. The van der Waals surface area contributed by atoms with Crippen molar-refractivity contribution in [3.8, 4) is 23.0 Å². The van der Waals surface area contributed by atoms with Crippen LogP contribution in [-0.2, 0) is 0 Å². The fraction of sp³-hybridized carbons (Fsp3) is 0. The van der Waals surface area contributed by atoms with Crippen LogP contribution in [-0.4, -0.2) is 11.0 Å². The molecule has 2 aromatic carbocycles. The van der Waals surface area contributed by atoms with Crippen molar-refractivity contribution in [1.82, 2.24) is 0 Å². The van der Waals surface area contributed by atoms with E-state index in [1.807, 2.05) is 0 Å². The maximum atomic E-state index is 5.91. The molecule has 0 spiro atoms. The molecule has 0 unspecified atom stereocenters. The van der Waals surface area contributed by atoms with Crippen LogP contribution in [0.15, 0.2) is 24.3 Å². The van der Waals surface area contributed by atoms with Gasteiger partial charge in [-0.1, -0.05) is 46.4 Å². The lowest BCUT2D eigenvalue weighted by atomic mass is 10.2. The molecule has 0 saturated carbocycles. The van der Waals surface area contributed by atoms with Crippen LogP contribution in [0.4, 0.5) is 0 Å². The molecule has 1 heterocycles. The van der Waals surface area contributed by atoms with E-state index >= 15 is 0 Å². The van der Waals surface area contributed by atoms with E-state index in [0.29, 0.717) is 43.1 Å². The van der Waals surface area contributed by atoms with Gasteiger partial charge in [0, 0.05) is 24.3 Å². The van der Waals surface area contributed by atoms with Crippen LogP contribution in [0.25, 0.3) is 0 Å². The monoisotopic (exact) mass is 352 g/mol. The van der Waals surface area contributed by atoms with Gasteiger partial charge < -0.3 is 9.47 Å². The summed E-state index contributed by atoms with van der Waals surface area (Å²) in [6.45, 7) is 0. The third-order valence-corrected chi connectivity index (χ3v) is 3.86. The maximum absolute atomic E-state index is 5.91. The summed E-state index contributed by atoms with van der Waals surface area (Å²) in [5.41, 5.74) is 0. The second-order valence-corrected chi connectivity index (χ2v) is 5.26. The van der Waals surface area contributed by atoms with E-state index in [0.717, 1.165) is 0 Å². The molecule has 19 heavy (non-hydrogen) atoms. The highest BCUT2D eigenvalue weighted by molar-refractivity contribution is 6.42. The van der Waals surface area contributed by atoms with E-state index in [1.165, 1.54) is 0 Å². The lowest BCUT2D eigenvalue weighted by molar-refractivity contribution is 0.359. The second-order valence-electron chi connectivity index (χ2n) is 3.63. The number of ether oxygens (including phenoxy) is 2. The summed E-state index contributed by atoms with van der Waals surface area (Å²) in [5, 5.41) is 1.56. The Morgan fingerprint density at radius 3 is 0.947 bits per heavy atom. The summed E-state index contributed by atoms with van der Waals surface area (Å²) in [6.07, 6.45) is 0. The van der Waals surface area contributed by atoms with Gasteiger partial charge in [0.1, 0.15) is 0 Å². The van der Waals surface area contributed by atoms with Crippen LogP contribution < -0.4 is 9.47 Å². The van der Waals surface area contributed by atoms with Gasteiger partial charge in [-0.2, -0.15) is 0 Å². The van der Waals surface area contributed by atoms with E-state index in [-0.39, 0.29) is 11.0 Å². The lowest BCUT2D eigenvalue weighted by Gasteiger charge is -2.21. The zero-order valence-electron chi connectivity index (χ0n) is 8.64. The summed E-state index contributed by atoms with van der Waals surface area (Å²) in [5.74, 6) is 1.93. The number of hydrogen-bond donors (Lipinski definition) is 0. The molecule has 0 amide bonds. The van der Waals surface area contributed by atoms with E-state index in [9.17, 15) is 0 Å². The van der Waals surface area contributed by atoms with Crippen molar-refractivity contribution in [1.29, 1.82) is 0 Å². The van der Waals surface area contributed by atoms with Crippen LogP contribution in [0, 0.1) is 0 Å². The summed E-state index contributed by atoms with van der Waals surface area (Å²) in [7, 11) is 0. The van der Waals surface area contributed by atoms with Gasteiger partial charge in [0.25, 0.3) is 0 Å². The predicted molar refractivity (Wildman–Crippen MR) is 84.4 cm³/mol. The van der Waals surface area contributed by atoms with E-state index in [4.69, 9.17) is 55.9 Å². The average Bonchev–Trinajstić information content (AvgIpc) is 2.31. The normalized spacial score (nSPS) is 11.6. The molecular formula is C12H8Cl4O2Si. The number of benzene rings is 2. The highest BCUT2D eigenvalue weighted by Crippen LogP contribution is 2.49. The standard InChI is InChI=1S/C12H4Cl4O2.H4Si/c13-5-1-9-10(2-6(5)14)18-12-4-8(16)7(15)3-11(12)17-9;/h1-4H;1H4. The first-order valence-corrected chi connectivity index (χ1v) is 6.39. The maximum Gasteiger partial charge on any atom is 0.171 e. The van der Waals surface area contributed by atoms with Gasteiger partial charge in [0.05, 0.1) is 20.1 Å². The topological polar surface area (TPSA) is 18.5 Å². The largest absolute Gasteiger partial charge is 0.449 e. The lowest BCUT2D eigenvalue weighted by Crippen LogP contribution is -1.99. The smallest absolute Gasteiger partial charge is 0.171 e. The van der Waals surface area contributed by atoms with Crippen molar-refractivity contribution < 1.29 is 9.47 Å². The molecule has 0 radical (unpaired) electrons. The van der Waals surface area contributed by atoms with Gasteiger partial charge in [-0.15, -0.1) is 0 Å². The molecule has 0 saturated heterocycles. The van der Waals surface area contributed by atoms with Crippen molar-refractivity contribution in [3.05, 3.63) is 44.4 Å². The van der Waals surface area contributed by atoms with Gasteiger partial charge in [0.2, 0.25) is 0 Å². The Morgan fingerprint density at radius 1 is 0.526 bits per heavy atom.